The zero-order chi connectivity index (χ0) is 18.2. The molecule has 0 saturated carbocycles. The van der Waals surface area contributed by atoms with E-state index in [1.165, 1.54) is 12.0 Å². The molecule has 1 aliphatic heterocycles. The van der Waals surface area contributed by atoms with Crippen LogP contribution < -0.4 is 5.32 Å². The van der Waals surface area contributed by atoms with Crippen LogP contribution in [0.5, 0.6) is 0 Å². The molecule has 2 atom stereocenters. The van der Waals surface area contributed by atoms with Gasteiger partial charge >= 0.3 is 0 Å². The molecule has 5 nitrogen and oxygen atoms in total. The first-order valence-electron chi connectivity index (χ1n) is 9.83. The molecule has 1 aliphatic rings. The molecule has 3 rings (SSSR count). The fraction of sp³-hybridized carbons (Fsp3) is 0.524. The first-order chi connectivity index (χ1) is 12.8. The second-order valence-corrected chi connectivity index (χ2v) is 7.09. The lowest BCUT2D eigenvalue weighted by Gasteiger charge is -2.39. The molecule has 0 amide bonds. The predicted octanol–water partition coefficient (Wildman–Crippen LogP) is 3.98. The smallest absolute Gasteiger partial charge is 0.193 e. The van der Waals surface area contributed by atoms with Crippen molar-refractivity contribution in [3.05, 3.63) is 54.4 Å². The van der Waals surface area contributed by atoms with Gasteiger partial charge in [0.1, 0.15) is 0 Å². The van der Waals surface area contributed by atoms with Crippen LogP contribution in [0.2, 0.25) is 0 Å². The van der Waals surface area contributed by atoms with E-state index in [1.807, 2.05) is 23.1 Å². The number of nitrogens with zero attached hydrogens (tertiary/aromatic N) is 4. The summed E-state index contributed by atoms with van der Waals surface area (Å²) in [6.45, 7) is 9.28. The molecule has 2 heterocycles. The van der Waals surface area contributed by atoms with Gasteiger partial charge in [0.2, 0.25) is 0 Å². The molecule has 0 radical (unpaired) electrons. The minimum absolute atomic E-state index is 0. The molecule has 0 spiro atoms. The molecule has 1 aromatic carbocycles. The number of piperidine rings is 1. The Labute approximate surface area is 180 Å². The van der Waals surface area contributed by atoms with Crippen molar-refractivity contribution in [1.29, 1.82) is 0 Å². The van der Waals surface area contributed by atoms with Crippen LogP contribution in [0.15, 0.2) is 53.8 Å². The Balaban J connectivity index is 0.00000261. The van der Waals surface area contributed by atoms with Gasteiger partial charge in [0.05, 0.1) is 0 Å². The number of aliphatic imine (C=N–C) groups is 1. The van der Waals surface area contributed by atoms with E-state index in [0.717, 1.165) is 45.1 Å². The highest BCUT2D eigenvalue weighted by Crippen LogP contribution is 2.32. The predicted molar refractivity (Wildman–Crippen MR) is 123 cm³/mol. The van der Waals surface area contributed by atoms with E-state index in [-0.39, 0.29) is 24.0 Å². The van der Waals surface area contributed by atoms with Gasteiger partial charge in [-0.15, -0.1) is 24.0 Å². The Kier molecular flexibility index (Phi) is 9.10. The Morgan fingerprint density at radius 1 is 1.26 bits per heavy atom. The number of halogens is 1. The Morgan fingerprint density at radius 3 is 2.74 bits per heavy atom. The van der Waals surface area contributed by atoms with Gasteiger partial charge in [-0.05, 0) is 43.2 Å². The van der Waals surface area contributed by atoms with Crippen LogP contribution in [0.1, 0.15) is 38.2 Å². The standard InChI is InChI=1S/C21H31N5.HI/c1-3-22-21(23-12-7-14-26-15-8-13-24-26)25-16-11-20(18(2)17-25)19-9-5-4-6-10-19;/h4-6,8-10,13,15,18,20H,3,7,11-12,14,16-17H2,1-2H3,(H,22,23);1H. The van der Waals surface area contributed by atoms with E-state index in [1.54, 1.807) is 0 Å². The molecule has 6 heteroatoms. The van der Waals surface area contributed by atoms with Crippen LogP contribution in [0.25, 0.3) is 0 Å². The van der Waals surface area contributed by atoms with Gasteiger partial charge in [-0.2, -0.15) is 5.10 Å². The minimum Gasteiger partial charge on any atom is -0.357 e. The average molecular weight is 481 g/mol. The molecular weight excluding hydrogens is 449 g/mol. The molecule has 1 aromatic heterocycles. The number of likely N-dealkylation sites (tertiary alicyclic amines) is 1. The van der Waals surface area contributed by atoms with E-state index in [0.29, 0.717) is 11.8 Å². The van der Waals surface area contributed by atoms with Crippen LogP contribution >= 0.6 is 24.0 Å². The summed E-state index contributed by atoms with van der Waals surface area (Å²) >= 11 is 0. The number of guanidine groups is 1. The topological polar surface area (TPSA) is 45.5 Å². The molecule has 0 aliphatic carbocycles. The van der Waals surface area contributed by atoms with E-state index in [2.05, 4.69) is 59.5 Å². The highest BCUT2D eigenvalue weighted by molar-refractivity contribution is 14.0. The first kappa shape index (κ1) is 21.7. The third-order valence-corrected chi connectivity index (χ3v) is 5.13. The Morgan fingerprint density at radius 2 is 2.07 bits per heavy atom. The van der Waals surface area contributed by atoms with E-state index in [9.17, 15) is 0 Å². The van der Waals surface area contributed by atoms with Crippen molar-refractivity contribution < 1.29 is 0 Å². The van der Waals surface area contributed by atoms with E-state index >= 15 is 0 Å². The number of benzene rings is 1. The molecule has 2 aromatic rings. The van der Waals surface area contributed by atoms with Crippen molar-refractivity contribution in [3.8, 4) is 0 Å². The largest absolute Gasteiger partial charge is 0.357 e. The summed E-state index contributed by atoms with van der Waals surface area (Å²) < 4.78 is 1.97. The molecule has 1 N–H and O–H groups in total. The number of aromatic nitrogens is 2. The first-order valence-corrected chi connectivity index (χ1v) is 9.83. The summed E-state index contributed by atoms with van der Waals surface area (Å²) in [5, 5.41) is 7.72. The quantitative estimate of drug-likeness (QED) is 0.294. The fourth-order valence-electron chi connectivity index (χ4n) is 3.81. The normalized spacial score (nSPS) is 20.2. The van der Waals surface area contributed by atoms with Gasteiger partial charge in [0.15, 0.2) is 5.96 Å². The van der Waals surface area contributed by atoms with E-state index < -0.39 is 0 Å². The maximum Gasteiger partial charge on any atom is 0.193 e. The average Bonchev–Trinajstić information content (AvgIpc) is 3.18. The van der Waals surface area contributed by atoms with Gasteiger partial charge < -0.3 is 10.2 Å². The second-order valence-electron chi connectivity index (χ2n) is 7.09. The van der Waals surface area contributed by atoms with Gasteiger partial charge in [0, 0.05) is 45.1 Å². The van der Waals surface area contributed by atoms with Crippen molar-refractivity contribution in [3.63, 3.8) is 0 Å². The maximum absolute atomic E-state index is 4.86. The number of hydrogen-bond donors (Lipinski definition) is 1. The zero-order valence-electron chi connectivity index (χ0n) is 16.4. The maximum atomic E-state index is 4.86. The highest BCUT2D eigenvalue weighted by atomic mass is 127. The lowest BCUT2D eigenvalue weighted by Crippen LogP contribution is -2.48. The van der Waals surface area contributed by atoms with Gasteiger partial charge in [-0.3, -0.25) is 9.67 Å². The summed E-state index contributed by atoms with van der Waals surface area (Å²) in [7, 11) is 0. The number of aryl methyl sites for hydroxylation is 1. The lowest BCUT2D eigenvalue weighted by atomic mass is 9.82. The van der Waals surface area contributed by atoms with Crippen LogP contribution in [0.4, 0.5) is 0 Å². The number of hydrogen-bond acceptors (Lipinski definition) is 2. The summed E-state index contributed by atoms with van der Waals surface area (Å²) in [4.78, 5) is 7.29. The Hall–Kier alpha value is -1.57. The van der Waals surface area contributed by atoms with Crippen LogP contribution in [-0.2, 0) is 6.54 Å². The van der Waals surface area contributed by atoms with Crippen LogP contribution in [0, 0.1) is 5.92 Å². The minimum atomic E-state index is 0. The Bertz CT molecular complexity index is 671. The van der Waals surface area contributed by atoms with Crippen molar-refractivity contribution >= 4 is 29.9 Å². The molecule has 1 saturated heterocycles. The summed E-state index contributed by atoms with van der Waals surface area (Å²) in [5.41, 5.74) is 1.47. The van der Waals surface area contributed by atoms with Crippen LogP contribution in [0.3, 0.4) is 0 Å². The van der Waals surface area contributed by atoms with Gasteiger partial charge in [-0.25, -0.2) is 0 Å². The van der Waals surface area contributed by atoms with Gasteiger partial charge in [0.25, 0.3) is 0 Å². The fourth-order valence-corrected chi connectivity index (χ4v) is 3.81. The number of rotatable bonds is 6. The van der Waals surface area contributed by atoms with E-state index in [4.69, 9.17) is 4.99 Å². The molecular formula is C21H32IN5. The zero-order valence-corrected chi connectivity index (χ0v) is 18.8. The molecule has 27 heavy (non-hydrogen) atoms. The SMILES string of the molecule is CCNC(=NCCCn1cccn1)N1CCC(c2ccccc2)C(C)C1.I. The van der Waals surface area contributed by atoms with Crippen molar-refractivity contribution in [1.82, 2.24) is 20.0 Å². The monoisotopic (exact) mass is 481 g/mol. The third-order valence-electron chi connectivity index (χ3n) is 5.13. The third kappa shape index (κ3) is 6.23. The summed E-state index contributed by atoms with van der Waals surface area (Å²) in [6.07, 6.45) is 6.02. The molecule has 0 bridgehead atoms. The molecule has 1 fully saturated rings. The second kappa shape index (κ2) is 11.3. The summed E-state index contributed by atoms with van der Waals surface area (Å²) in [6, 6.07) is 12.9. The highest BCUT2D eigenvalue weighted by Gasteiger charge is 2.28. The van der Waals surface area contributed by atoms with Gasteiger partial charge in [-0.1, -0.05) is 37.3 Å². The summed E-state index contributed by atoms with van der Waals surface area (Å²) in [5.74, 6) is 2.33. The van der Waals surface area contributed by atoms with Crippen molar-refractivity contribution in [2.45, 2.75) is 39.2 Å². The molecule has 148 valence electrons. The van der Waals surface area contributed by atoms with Crippen molar-refractivity contribution in [2.75, 3.05) is 26.2 Å². The number of nitrogens with one attached hydrogen (secondary N) is 1. The van der Waals surface area contributed by atoms with Crippen molar-refractivity contribution in [2.24, 2.45) is 10.9 Å². The lowest BCUT2D eigenvalue weighted by molar-refractivity contribution is 0.234. The molecule has 2 unspecified atom stereocenters. The van der Waals surface area contributed by atoms with Crippen LogP contribution in [-0.4, -0.2) is 46.8 Å².